The van der Waals surface area contributed by atoms with Crippen LogP contribution in [0.15, 0.2) is 41.8 Å². The lowest BCUT2D eigenvalue weighted by molar-refractivity contribution is -0.127. The summed E-state index contributed by atoms with van der Waals surface area (Å²) in [4.78, 5) is 28.7. The van der Waals surface area contributed by atoms with Gasteiger partial charge < -0.3 is 15.1 Å². The van der Waals surface area contributed by atoms with Crippen molar-refractivity contribution in [3.63, 3.8) is 0 Å². The van der Waals surface area contributed by atoms with Gasteiger partial charge in [-0.1, -0.05) is 24.3 Å². The Morgan fingerprint density at radius 2 is 2.12 bits per heavy atom. The standard InChI is InChI=1S/C18H21N3O2S/c1-20-10-9-15(17(20)22)19-14-7-4-3-6-13(14)12-21(2)18(23)16-8-5-11-24-16/h3-8,11,15,19H,9-10,12H2,1-2H3/t15-/m0/s1. The summed E-state index contributed by atoms with van der Waals surface area (Å²) in [5.41, 5.74) is 1.92. The zero-order valence-electron chi connectivity index (χ0n) is 13.9. The molecule has 1 aromatic carbocycles. The van der Waals surface area contributed by atoms with Crippen molar-refractivity contribution in [1.82, 2.24) is 9.80 Å². The van der Waals surface area contributed by atoms with Crippen LogP contribution < -0.4 is 5.32 Å². The first-order chi connectivity index (χ1) is 11.6. The van der Waals surface area contributed by atoms with Crippen molar-refractivity contribution in [1.29, 1.82) is 0 Å². The Labute approximate surface area is 145 Å². The highest BCUT2D eigenvalue weighted by molar-refractivity contribution is 7.12. The fraction of sp³-hybridized carbons (Fsp3) is 0.333. The Morgan fingerprint density at radius 1 is 1.33 bits per heavy atom. The van der Waals surface area contributed by atoms with Crippen LogP contribution in [0.2, 0.25) is 0 Å². The summed E-state index contributed by atoms with van der Waals surface area (Å²) in [5.74, 6) is 0.129. The molecule has 0 saturated carbocycles. The monoisotopic (exact) mass is 343 g/mol. The van der Waals surface area contributed by atoms with Gasteiger partial charge in [0.25, 0.3) is 5.91 Å². The summed E-state index contributed by atoms with van der Waals surface area (Å²) < 4.78 is 0. The zero-order valence-corrected chi connectivity index (χ0v) is 14.7. The van der Waals surface area contributed by atoms with Crippen molar-refractivity contribution in [2.45, 2.75) is 19.0 Å². The number of nitrogens with one attached hydrogen (secondary N) is 1. The van der Waals surface area contributed by atoms with Crippen molar-refractivity contribution in [3.8, 4) is 0 Å². The summed E-state index contributed by atoms with van der Waals surface area (Å²) >= 11 is 1.44. The molecule has 1 saturated heterocycles. The van der Waals surface area contributed by atoms with Gasteiger partial charge in [-0.05, 0) is 29.5 Å². The molecule has 1 N–H and O–H groups in total. The molecule has 6 heteroatoms. The van der Waals surface area contributed by atoms with Crippen LogP contribution in [0, 0.1) is 0 Å². The smallest absolute Gasteiger partial charge is 0.263 e. The van der Waals surface area contributed by atoms with Gasteiger partial charge in [0.05, 0.1) is 4.88 Å². The van der Waals surface area contributed by atoms with Gasteiger partial charge in [-0.15, -0.1) is 11.3 Å². The molecule has 2 aromatic rings. The molecule has 0 radical (unpaired) electrons. The molecule has 2 amide bonds. The lowest BCUT2D eigenvalue weighted by Crippen LogP contribution is -2.32. The topological polar surface area (TPSA) is 52.6 Å². The first-order valence-electron chi connectivity index (χ1n) is 7.94. The van der Waals surface area contributed by atoms with Gasteiger partial charge in [-0.2, -0.15) is 0 Å². The van der Waals surface area contributed by atoms with Gasteiger partial charge in [-0.25, -0.2) is 0 Å². The summed E-state index contributed by atoms with van der Waals surface area (Å²) in [7, 11) is 3.62. The highest BCUT2D eigenvalue weighted by atomic mass is 32.1. The number of carbonyl (C=O) groups excluding carboxylic acids is 2. The number of anilines is 1. The van der Waals surface area contributed by atoms with Crippen LogP contribution in [0.4, 0.5) is 5.69 Å². The van der Waals surface area contributed by atoms with E-state index >= 15 is 0 Å². The second kappa shape index (κ2) is 7.05. The molecule has 1 aliphatic heterocycles. The number of thiophene rings is 1. The van der Waals surface area contributed by atoms with E-state index in [1.54, 1.807) is 16.8 Å². The van der Waals surface area contributed by atoms with Crippen LogP contribution in [0.1, 0.15) is 21.7 Å². The Balaban J connectivity index is 1.72. The van der Waals surface area contributed by atoms with Crippen molar-refractivity contribution >= 4 is 28.8 Å². The summed E-state index contributed by atoms with van der Waals surface area (Å²) in [5, 5.41) is 5.24. The number of benzene rings is 1. The molecule has 126 valence electrons. The van der Waals surface area contributed by atoms with Crippen molar-refractivity contribution < 1.29 is 9.59 Å². The minimum atomic E-state index is -0.186. The highest BCUT2D eigenvalue weighted by Crippen LogP contribution is 2.22. The molecule has 0 unspecified atom stereocenters. The predicted molar refractivity (Wildman–Crippen MR) is 96.2 cm³/mol. The largest absolute Gasteiger partial charge is 0.373 e. The first kappa shape index (κ1) is 16.5. The maximum absolute atomic E-state index is 12.4. The van der Waals surface area contributed by atoms with Crippen molar-refractivity contribution in [3.05, 3.63) is 52.2 Å². The number of nitrogens with zero attached hydrogens (tertiary/aromatic N) is 2. The number of para-hydroxylation sites is 1. The molecule has 1 atom stereocenters. The average molecular weight is 343 g/mol. The molecule has 1 fully saturated rings. The first-order valence-corrected chi connectivity index (χ1v) is 8.82. The van der Waals surface area contributed by atoms with Crippen molar-refractivity contribution in [2.24, 2.45) is 0 Å². The molecular formula is C18H21N3O2S. The van der Waals surface area contributed by atoms with Crippen LogP contribution in [0.25, 0.3) is 0 Å². The Hall–Kier alpha value is -2.34. The lowest BCUT2D eigenvalue weighted by Gasteiger charge is -2.21. The minimum absolute atomic E-state index is 0.0106. The molecule has 24 heavy (non-hydrogen) atoms. The third-order valence-electron chi connectivity index (χ3n) is 4.26. The van der Waals surface area contributed by atoms with Crippen LogP contribution in [-0.4, -0.2) is 48.3 Å². The molecule has 0 aliphatic carbocycles. The van der Waals surface area contributed by atoms with E-state index in [0.717, 1.165) is 29.1 Å². The van der Waals surface area contributed by atoms with E-state index < -0.39 is 0 Å². The lowest BCUT2D eigenvalue weighted by atomic mass is 10.1. The van der Waals surface area contributed by atoms with E-state index in [2.05, 4.69) is 5.32 Å². The number of hydrogen-bond donors (Lipinski definition) is 1. The number of hydrogen-bond acceptors (Lipinski definition) is 4. The highest BCUT2D eigenvalue weighted by Gasteiger charge is 2.29. The number of carbonyl (C=O) groups is 2. The number of likely N-dealkylation sites (N-methyl/N-ethyl adjacent to an activating group) is 1. The molecule has 0 bridgehead atoms. The van der Waals surface area contributed by atoms with Gasteiger partial charge in [0.2, 0.25) is 5.91 Å². The van der Waals surface area contributed by atoms with Crippen LogP contribution in [0.3, 0.4) is 0 Å². The number of rotatable bonds is 5. The fourth-order valence-electron chi connectivity index (χ4n) is 2.86. The normalized spacial score (nSPS) is 17.2. The second-order valence-corrected chi connectivity index (χ2v) is 6.99. The Bertz CT molecular complexity index is 730. The minimum Gasteiger partial charge on any atom is -0.373 e. The van der Waals surface area contributed by atoms with E-state index in [1.807, 2.05) is 48.8 Å². The van der Waals surface area contributed by atoms with E-state index in [1.165, 1.54) is 11.3 Å². The number of likely N-dealkylation sites (tertiary alicyclic amines) is 1. The quantitative estimate of drug-likeness (QED) is 0.908. The van der Waals surface area contributed by atoms with E-state index in [9.17, 15) is 9.59 Å². The van der Waals surface area contributed by atoms with E-state index in [4.69, 9.17) is 0 Å². The van der Waals surface area contributed by atoms with Gasteiger partial charge in [-0.3, -0.25) is 9.59 Å². The molecule has 1 aromatic heterocycles. The van der Waals surface area contributed by atoms with Crippen LogP contribution in [0.5, 0.6) is 0 Å². The van der Waals surface area contributed by atoms with E-state index in [0.29, 0.717) is 6.54 Å². The average Bonchev–Trinajstić information content (AvgIpc) is 3.22. The molecular weight excluding hydrogens is 322 g/mol. The van der Waals surface area contributed by atoms with Crippen LogP contribution >= 0.6 is 11.3 Å². The maximum atomic E-state index is 12.4. The number of amides is 2. The Morgan fingerprint density at radius 3 is 2.79 bits per heavy atom. The predicted octanol–water partition coefficient (Wildman–Crippen LogP) is 2.66. The molecule has 2 heterocycles. The maximum Gasteiger partial charge on any atom is 0.263 e. The SMILES string of the molecule is CN(Cc1ccccc1N[C@H]1CCN(C)C1=O)C(=O)c1cccs1. The molecule has 0 spiro atoms. The third-order valence-corrected chi connectivity index (χ3v) is 5.12. The summed E-state index contributed by atoms with van der Waals surface area (Å²) in [6.07, 6.45) is 0.799. The van der Waals surface area contributed by atoms with E-state index in [-0.39, 0.29) is 17.9 Å². The molecule has 3 rings (SSSR count). The van der Waals surface area contributed by atoms with Gasteiger partial charge in [0.1, 0.15) is 6.04 Å². The molecule has 1 aliphatic rings. The van der Waals surface area contributed by atoms with Crippen molar-refractivity contribution in [2.75, 3.05) is 26.0 Å². The summed E-state index contributed by atoms with van der Waals surface area (Å²) in [6.45, 7) is 1.27. The zero-order chi connectivity index (χ0) is 17.1. The molecule has 5 nitrogen and oxygen atoms in total. The van der Waals surface area contributed by atoms with Gasteiger partial charge in [0, 0.05) is 32.9 Å². The second-order valence-electron chi connectivity index (χ2n) is 6.04. The van der Waals surface area contributed by atoms with Gasteiger partial charge in [0.15, 0.2) is 0 Å². The van der Waals surface area contributed by atoms with Crippen LogP contribution in [-0.2, 0) is 11.3 Å². The summed E-state index contributed by atoms with van der Waals surface area (Å²) in [6, 6.07) is 11.4. The fourth-order valence-corrected chi connectivity index (χ4v) is 3.58. The Kier molecular flexibility index (Phi) is 4.85. The third kappa shape index (κ3) is 3.43. The van der Waals surface area contributed by atoms with Gasteiger partial charge >= 0.3 is 0 Å².